The van der Waals surface area contributed by atoms with E-state index in [4.69, 9.17) is 25.8 Å². The van der Waals surface area contributed by atoms with Crippen LogP contribution >= 0.6 is 11.6 Å². The van der Waals surface area contributed by atoms with Gasteiger partial charge in [0, 0.05) is 11.8 Å². The molecule has 0 aliphatic carbocycles. The van der Waals surface area contributed by atoms with E-state index in [1.54, 1.807) is 36.4 Å². The van der Waals surface area contributed by atoms with Gasteiger partial charge in [0.2, 0.25) is 0 Å². The molecule has 6 nitrogen and oxygen atoms in total. The van der Waals surface area contributed by atoms with Crippen molar-refractivity contribution in [2.24, 2.45) is 0 Å². The van der Waals surface area contributed by atoms with Gasteiger partial charge in [-0.25, -0.2) is 4.79 Å². The van der Waals surface area contributed by atoms with E-state index in [1.165, 1.54) is 13.0 Å². The van der Waals surface area contributed by atoms with Crippen LogP contribution in [0.15, 0.2) is 42.5 Å². The number of nitrogens with one attached hydrogen (secondary N) is 1. The van der Waals surface area contributed by atoms with Crippen LogP contribution in [0, 0.1) is 0 Å². The van der Waals surface area contributed by atoms with Crippen LogP contribution in [-0.4, -0.2) is 31.2 Å². The van der Waals surface area contributed by atoms with E-state index < -0.39 is 18.0 Å². The number of halogens is 1. The van der Waals surface area contributed by atoms with E-state index in [2.05, 4.69) is 5.32 Å². The van der Waals surface area contributed by atoms with Gasteiger partial charge in [-0.15, -0.1) is 0 Å². The summed E-state index contributed by atoms with van der Waals surface area (Å²) < 4.78 is 16.1. The maximum Gasteiger partial charge on any atom is 0.340 e. The van der Waals surface area contributed by atoms with Crippen molar-refractivity contribution in [3.63, 3.8) is 0 Å². The van der Waals surface area contributed by atoms with E-state index in [0.717, 1.165) is 0 Å². The first-order chi connectivity index (χ1) is 12.0. The number of hydrogen-bond donors (Lipinski definition) is 1. The second-order valence-corrected chi connectivity index (χ2v) is 5.78. The van der Waals surface area contributed by atoms with Crippen LogP contribution in [0.4, 0.5) is 5.69 Å². The van der Waals surface area contributed by atoms with Crippen LogP contribution in [0.5, 0.6) is 11.5 Å². The van der Waals surface area contributed by atoms with Gasteiger partial charge in [0.1, 0.15) is 13.2 Å². The maximum atomic E-state index is 12.2. The monoisotopic (exact) mass is 361 g/mol. The van der Waals surface area contributed by atoms with E-state index in [9.17, 15) is 9.59 Å². The number of benzene rings is 2. The second kappa shape index (κ2) is 7.44. The molecule has 1 unspecified atom stereocenters. The fraction of sp³-hybridized carbons (Fsp3) is 0.222. The maximum absolute atomic E-state index is 12.2. The smallest absolute Gasteiger partial charge is 0.340 e. The quantitative estimate of drug-likeness (QED) is 0.846. The number of fused-ring (bicyclic) bond motifs is 1. The predicted molar refractivity (Wildman–Crippen MR) is 92.4 cm³/mol. The van der Waals surface area contributed by atoms with Crippen molar-refractivity contribution < 1.29 is 23.8 Å². The SMILES string of the molecule is CC(OC(=O)c1ccccc1Cl)C(=O)Nc1ccc2c(c1)OCCO2. The number of hydrogen-bond acceptors (Lipinski definition) is 5. The van der Waals surface area contributed by atoms with Crippen LogP contribution in [-0.2, 0) is 9.53 Å². The Morgan fingerprint density at radius 2 is 1.84 bits per heavy atom. The predicted octanol–water partition coefficient (Wildman–Crippen LogP) is 3.30. The summed E-state index contributed by atoms with van der Waals surface area (Å²) in [5, 5.41) is 2.95. The average Bonchev–Trinajstić information content (AvgIpc) is 2.61. The Hall–Kier alpha value is -2.73. The van der Waals surface area contributed by atoms with Gasteiger partial charge in [-0.2, -0.15) is 0 Å². The molecule has 1 heterocycles. The molecule has 2 aromatic carbocycles. The van der Waals surface area contributed by atoms with Gasteiger partial charge in [0.15, 0.2) is 17.6 Å². The number of rotatable bonds is 4. The van der Waals surface area contributed by atoms with Gasteiger partial charge in [0.25, 0.3) is 5.91 Å². The minimum absolute atomic E-state index is 0.211. The number of carbonyl (C=O) groups excluding carboxylic acids is 2. The average molecular weight is 362 g/mol. The number of anilines is 1. The topological polar surface area (TPSA) is 73.9 Å². The molecule has 130 valence electrons. The molecule has 1 N–H and O–H groups in total. The van der Waals surface area contributed by atoms with Crippen LogP contribution < -0.4 is 14.8 Å². The largest absolute Gasteiger partial charge is 0.486 e. The molecule has 25 heavy (non-hydrogen) atoms. The first-order valence-electron chi connectivity index (χ1n) is 7.70. The fourth-order valence-electron chi connectivity index (χ4n) is 2.27. The number of ether oxygens (including phenoxy) is 3. The molecular formula is C18H16ClNO5. The lowest BCUT2D eigenvalue weighted by atomic mass is 10.2. The Morgan fingerprint density at radius 1 is 1.12 bits per heavy atom. The molecule has 1 aliphatic rings. The highest BCUT2D eigenvalue weighted by Crippen LogP contribution is 2.32. The molecule has 7 heteroatoms. The first kappa shape index (κ1) is 17.1. The Morgan fingerprint density at radius 3 is 2.60 bits per heavy atom. The number of esters is 1. The lowest BCUT2D eigenvalue weighted by Crippen LogP contribution is -2.30. The zero-order chi connectivity index (χ0) is 17.8. The Kier molecular flexibility index (Phi) is 5.09. The van der Waals surface area contributed by atoms with Gasteiger partial charge in [-0.05, 0) is 31.2 Å². The Bertz CT molecular complexity index is 808. The summed E-state index contributed by atoms with van der Waals surface area (Å²) in [6.07, 6.45) is -0.989. The molecule has 0 aromatic heterocycles. The minimum Gasteiger partial charge on any atom is -0.486 e. The molecule has 1 amide bonds. The van der Waals surface area contributed by atoms with E-state index in [1.807, 2.05) is 0 Å². The first-order valence-corrected chi connectivity index (χ1v) is 8.08. The standard InChI is InChI=1S/C18H16ClNO5/c1-11(25-18(22)13-4-2-3-5-14(13)19)17(21)20-12-6-7-15-16(10-12)24-9-8-23-15/h2-7,10-11H,8-9H2,1H3,(H,20,21). The van der Waals surface area contributed by atoms with Crippen molar-refractivity contribution in [2.45, 2.75) is 13.0 Å². The summed E-state index contributed by atoms with van der Waals surface area (Å²) in [4.78, 5) is 24.3. The third-order valence-electron chi connectivity index (χ3n) is 3.56. The van der Waals surface area contributed by atoms with E-state index in [-0.39, 0.29) is 10.6 Å². The highest BCUT2D eigenvalue weighted by atomic mass is 35.5. The Labute approximate surface area is 149 Å². The van der Waals surface area contributed by atoms with Crippen molar-refractivity contribution in [2.75, 3.05) is 18.5 Å². The third-order valence-corrected chi connectivity index (χ3v) is 3.89. The normalized spacial score (nSPS) is 13.7. The molecule has 1 atom stereocenters. The summed E-state index contributed by atoms with van der Waals surface area (Å²) in [7, 11) is 0. The molecule has 0 fully saturated rings. The summed E-state index contributed by atoms with van der Waals surface area (Å²) in [5.74, 6) is 0.0692. The van der Waals surface area contributed by atoms with Gasteiger partial charge in [-0.1, -0.05) is 23.7 Å². The lowest BCUT2D eigenvalue weighted by Gasteiger charge is -2.19. The van der Waals surface area contributed by atoms with E-state index >= 15 is 0 Å². The van der Waals surface area contributed by atoms with Crippen molar-refractivity contribution in [1.29, 1.82) is 0 Å². The van der Waals surface area contributed by atoms with Gasteiger partial charge in [0.05, 0.1) is 10.6 Å². The van der Waals surface area contributed by atoms with Crippen LogP contribution in [0.3, 0.4) is 0 Å². The number of carbonyl (C=O) groups is 2. The third kappa shape index (κ3) is 4.03. The molecule has 0 saturated heterocycles. The molecule has 1 aliphatic heterocycles. The van der Waals surface area contributed by atoms with Crippen molar-refractivity contribution in [3.05, 3.63) is 53.1 Å². The molecule has 0 spiro atoms. The molecule has 0 bridgehead atoms. The summed E-state index contributed by atoms with van der Waals surface area (Å²) in [6, 6.07) is 11.6. The molecule has 2 aromatic rings. The van der Waals surface area contributed by atoms with Gasteiger partial charge < -0.3 is 19.5 Å². The number of amides is 1. The lowest BCUT2D eigenvalue weighted by molar-refractivity contribution is -0.123. The van der Waals surface area contributed by atoms with Gasteiger partial charge >= 0.3 is 5.97 Å². The van der Waals surface area contributed by atoms with Crippen LogP contribution in [0.2, 0.25) is 5.02 Å². The zero-order valence-electron chi connectivity index (χ0n) is 13.5. The second-order valence-electron chi connectivity index (χ2n) is 5.38. The molecule has 3 rings (SSSR count). The Balaban J connectivity index is 1.63. The highest BCUT2D eigenvalue weighted by molar-refractivity contribution is 6.33. The van der Waals surface area contributed by atoms with Crippen LogP contribution in [0.25, 0.3) is 0 Å². The van der Waals surface area contributed by atoms with E-state index in [0.29, 0.717) is 30.4 Å². The van der Waals surface area contributed by atoms with Crippen molar-refractivity contribution >= 4 is 29.2 Å². The summed E-state index contributed by atoms with van der Waals surface area (Å²) in [6.45, 7) is 2.44. The van der Waals surface area contributed by atoms with Crippen molar-refractivity contribution in [3.8, 4) is 11.5 Å². The minimum atomic E-state index is -0.989. The van der Waals surface area contributed by atoms with Crippen molar-refractivity contribution in [1.82, 2.24) is 0 Å². The summed E-state index contributed by atoms with van der Waals surface area (Å²) in [5.41, 5.74) is 0.734. The molecule has 0 saturated carbocycles. The van der Waals surface area contributed by atoms with Crippen LogP contribution in [0.1, 0.15) is 17.3 Å². The molecule has 0 radical (unpaired) electrons. The fourth-order valence-corrected chi connectivity index (χ4v) is 2.48. The van der Waals surface area contributed by atoms with Gasteiger partial charge in [-0.3, -0.25) is 4.79 Å². The summed E-state index contributed by atoms with van der Waals surface area (Å²) >= 11 is 5.95. The molecular weight excluding hydrogens is 346 g/mol. The zero-order valence-corrected chi connectivity index (χ0v) is 14.2. The highest BCUT2D eigenvalue weighted by Gasteiger charge is 2.21.